The van der Waals surface area contributed by atoms with Crippen LogP contribution in [0.1, 0.15) is 11.4 Å². The maximum Gasteiger partial charge on any atom is 0.126 e. The third kappa shape index (κ3) is 0.839. The molecule has 2 rings (SSSR count). The first-order valence-electron chi connectivity index (χ1n) is 3.52. The minimum Gasteiger partial charge on any atom is -0.357 e. The minimum atomic E-state index is 0.565. The highest BCUT2D eigenvalue weighted by molar-refractivity contribution is 5.80. The number of H-pyrrole nitrogens is 1. The van der Waals surface area contributed by atoms with Crippen molar-refractivity contribution in [2.45, 2.75) is 6.92 Å². The molecule has 0 unspecified atom stereocenters. The van der Waals surface area contributed by atoms with Gasteiger partial charge in [0.15, 0.2) is 0 Å². The molecule has 0 aliphatic heterocycles. The second kappa shape index (κ2) is 2.31. The van der Waals surface area contributed by atoms with Crippen molar-refractivity contribution in [3.8, 4) is 6.07 Å². The van der Waals surface area contributed by atoms with Crippen molar-refractivity contribution in [2.24, 2.45) is 0 Å². The standard InChI is InChI=1S/C8H6N4/c1-5-10-4-7-8(12-5)6(2-9)3-11-7/h3-4,11H,1H3. The molecule has 0 aliphatic rings. The third-order valence-electron chi connectivity index (χ3n) is 1.66. The van der Waals surface area contributed by atoms with Gasteiger partial charge < -0.3 is 4.98 Å². The van der Waals surface area contributed by atoms with Crippen molar-refractivity contribution in [1.29, 1.82) is 5.26 Å². The highest BCUT2D eigenvalue weighted by Gasteiger charge is 2.03. The first-order valence-corrected chi connectivity index (χ1v) is 3.52. The number of hydrogen-bond donors (Lipinski definition) is 1. The van der Waals surface area contributed by atoms with E-state index in [1.165, 1.54) is 0 Å². The number of aromatic amines is 1. The molecule has 4 nitrogen and oxygen atoms in total. The predicted octanol–water partition coefficient (Wildman–Crippen LogP) is 1.14. The summed E-state index contributed by atoms with van der Waals surface area (Å²) in [6, 6.07) is 2.06. The molecule has 0 aliphatic carbocycles. The molecule has 0 saturated carbocycles. The van der Waals surface area contributed by atoms with Gasteiger partial charge in [0.05, 0.1) is 17.3 Å². The Morgan fingerprint density at radius 1 is 1.58 bits per heavy atom. The zero-order valence-corrected chi connectivity index (χ0v) is 6.50. The van der Waals surface area contributed by atoms with E-state index in [0.29, 0.717) is 16.9 Å². The molecule has 12 heavy (non-hydrogen) atoms. The predicted molar refractivity (Wildman–Crippen MR) is 43.3 cm³/mol. The number of aryl methyl sites for hydroxylation is 1. The molecule has 0 spiro atoms. The van der Waals surface area contributed by atoms with Gasteiger partial charge in [0, 0.05) is 6.20 Å². The molecule has 0 radical (unpaired) electrons. The van der Waals surface area contributed by atoms with E-state index in [-0.39, 0.29) is 0 Å². The van der Waals surface area contributed by atoms with E-state index in [1.807, 2.05) is 0 Å². The summed E-state index contributed by atoms with van der Waals surface area (Å²) in [5, 5.41) is 8.68. The molecule has 0 amide bonds. The minimum absolute atomic E-state index is 0.565. The summed E-state index contributed by atoms with van der Waals surface area (Å²) in [5.74, 6) is 0.679. The van der Waals surface area contributed by atoms with Crippen LogP contribution in [-0.2, 0) is 0 Å². The lowest BCUT2D eigenvalue weighted by Gasteiger charge is -1.90. The Kier molecular flexibility index (Phi) is 1.31. The smallest absolute Gasteiger partial charge is 0.126 e. The highest BCUT2D eigenvalue weighted by atomic mass is 14.9. The normalized spacial score (nSPS) is 10.0. The Balaban J connectivity index is 2.86. The van der Waals surface area contributed by atoms with Crippen LogP contribution in [0.15, 0.2) is 12.4 Å². The summed E-state index contributed by atoms with van der Waals surface area (Å²) in [6.07, 6.45) is 3.32. The molecule has 0 saturated heterocycles. The van der Waals surface area contributed by atoms with Gasteiger partial charge in [-0.15, -0.1) is 0 Å². The second-order valence-electron chi connectivity index (χ2n) is 2.49. The van der Waals surface area contributed by atoms with Gasteiger partial charge >= 0.3 is 0 Å². The van der Waals surface area contributed by atoms with Gasteiger partial charge in [-0.05, 0) is 6.92 Å². The van der Waals surface area contributed by atoms with Gasteiger partial charge in [-0.25, -0.2) is 9.97 Å². The van der Waals surface area contributed by atoms with Crippen LogP contribution in [0.5, 0.6) is 0 Å². The Morgan fingerprint density at radius 3 is 3.17 bits per heavy atom. The van der Waals surface area contributed by atoms with E-state index < -0.39 is 0 Å². The Hall–Kier alpha value is -1.89. The first-order chi connectivity index (χ1) is 5.81. The quantitative estimate of drug-likeness (QED) is 0.625. The van der Waals surface area contributed by atoms with E-state index in [4.69, 9.17) is 5.26 Å². The lowest BCUT2D eigenvalue weighted by atomic mass is 10.3. The van der Waals surface area contributed by atoms with Crippen LogP contribution in [0.25, 0.3) is 11.0 Å². The van der Waals surface area contributed by atoms with E-state index in [1.54, 1.807) is 19.3 Å². The van der Waals surface area contributed by atoms with Crippen molar-refractivity contribution in [3.05, 3.63) is 23.8 Å². The summed E-state index contributed by atoms with van der Waals surface area (Å²) in [7, 11) is 0. The molecule has 0 aromatic carbocycles. The molecule has 0 fully saturated rings. The van der Waals surface area contributed by atoms with Gasteiger partial charge in [0.25, 0.3) is 0 Å². The molecule has 1 N–H and O–H groups in total. The molecule has 58 valence electrons. The average molecular weight is 158 g/mol. The topological polar surface area (TPSA) is 65.4 Å². The Labute approximate surface area is 68.9 Å². The molecule has 4 heteroatoms. The number of nitrogens with one attached hydrogen (secondary N) is 1. The number of nitriles is 1. The number of rotatable bonds is 0. The molecule has 0 atom stereocenters. The van der Waals surface area contributed by atoms with Gasteiger partial charge in [0.1, 0.15) is 17.4 Å². The van der Waals surface area contributed by atoms with E-state index in [0.717, 1.165) is 5.52 Å². The van der Waals surface area contributed by atoms with Gasteiger partial charge in [-0.3, -0.25) is 0 Å². The van der Waals surface area contributed by atoms with Gasteiger partial charge in [-0.2, -0.15) is 5.26 Å². The summed E-state index contributed by atoms with van der Waals surface area (Å²) in [6.45, 7) is 1.80. The fourth-order valence-electron chi connectivity index (χ4n) is 1.08. The second-order valence-corrected chi connectivity index (χ2v) is 2.49. The average Bonchev–Trinajstić information content (AvgIpc) is 2.46. The van der Waals surface area contributed by atoms with Gasteiger partial charge in [0.2, 0.25) is 0 Å². The van der Waals surface area contributed by atoms with Crippen LogP contribution in [0, 0.1) is 18.3 Å². The van der Waals surface area contributed by atoms with Crippen LogP contribution >= 0.6 is 0 Å². The number of hydrogen-bond acceptors (Lipinski definition) is 3. The summed E-state index contributed by atoms with van der Waals surface area (Å²) in [5.41, 5.74) is 2.07. The van der Waals surface area contributed by atoms with Crippen LogP contribution in [0.3, 0.4) is 0 Å². The largest absolute Gasteiger partial charge is 0.357 e. The van der Waals surface area contributed by atoms with E-state index in [2.05, 4.69) is 21.0 Å². The van der Waals surface area contributed by atoms with Crippen molar-refractivity contribution >= 4 is 11.0 Å². The maximum absolute atomic E-state index is 8.68. The summed E-state index contributed by atoms with van der Waals surface area (Å²) >= 11 is 0. The number of nitrogens with zero attached hydrogens (tertiary/aromatic N) is 3. The molecule has 2 aromatic heterocycles. The maximum atomic E-state index is 8.68. The van der Waals surface area contributed by atoms with Crippen molar-refractivity contribution < 1.29 is 0 Å². The number of aromatic nitrogens is 3. The zero-order chi connectivity index (χ0) is 8.55. The monoisotopic (exact) mass is 158 g/mol. The zero-order valence-electron chi connectivity index (χ0n) is 6.50. The molecular weight excluding hydrogens is 152 g/mol. The fourth-order valence-corrected chi connectivity index (χ4v) is 1.08. The van der Waals surface area contributed by atoms with Crippen LogP contribution in [0.2, 0.25) is 0 Å². The lowest BCUT2D eigenvalue weighted by molar-refractivity contribution is 1.09. The lowest BCUT2D eigenvalue weighted by Crippen LogP contribution is -1.86. The SMILES string of the molecule is Cc1ncc2[nH]cc(C#N)c2n1. The third-order valence-corrected chi connectivity index (χ3v) is 1.66. The van der Waals surface area contributed by atoms with Gasteiger partial charge in [-0.1, -0.05) is 0 Å². The van der Waals surface area contributed by atoms with Crippen molar-refractivity contribution in [3.63, 3.8) is 0 Å². The van der Waals surface area contributed by atoms with Crippen molar-refractivity contribution in [2.75, 3.05) is 0 Å². The summed E-state index contributed by atoms with van der Waals surface area (Å²) < 4.78 is 0. The Bertz CT molecular complexity index is 463. The summed E-state index contributed by atoms with van der Waals surface area (Å²) in [4.78, 5) is 11.1. The highest BCUT2D eigenvalue weighted by Crippen LogP contribution is 2.13. The molecule has 2 heterocycles. The van der Waals surface area contributed by atoms with Crippen LogP contribution in [-0.4, -0.2) is 15.0 Å². The van der Waals surface area contributed by atoms with Crippen LogP contribution in [0.4, 0.5) is 0 Å². The fraction of sp³-hybridized carbons (Fsp3) is 0.125. The van der Waals surface area contributed by atoms with E-state index >= 15 is 0 Å². The molecule has 0 bridgehead atoms. The first kappa shape index (κ1) is 6.80. The van der Waals surface area contributed by atoms with E-state index in [9.17, 15) is 0 Å². The molecule has 2 aromatic rings. The van der Waals surface area contributed by atoms with Crippen LogP contribution < -0.4 is 0 Å². The number of fused-ring (bicyclic) bond motifs is 1. The van der Waals surface area contributed by atoms with Crippen molar-refractivity contribution in [1.82, 2.24) is 15.0 Å². The Morgan fingerprint density at radius 2 is 2.42 bits per heavy atom. The molecular formula is C8H6N4.